The molecule has 0 saturated heterocycles. The van der Waals surface area contributed by atoms with E-state index in [0.29, 0.717) is 5.16 Å². The van der Waals surface area contributed by atoms with E-state index in [-0.39, 0.29) is 8.07 Å². The lowest BCUT2D eigenvalue weighted by Crippen LogP contribution is -2.20. The molecule has 0 amide bonds. The van der Waals surface area contributed by atoms with Crippen molar-refractivity contribution in [2.45, 2.75) is 32.9 Å². The predicted molar refractivity (Wildman–Crippen MR) is 46.3 cm³/mol. The number of rotatable bonds is 2. The summed E-state index contributed by atoms with van der Waals surface area (Å²) < 4.78 is 0. The lowest BCUT2D eigenvalue weighted by Gasteiger charge is -2.27. The molecule has 1 N–H and O–H groups in total. The Labute approximate surface area is 60.0 Å². The van der Waals surface area contributed by atoms with E-state index in [0.717, 1.165) is 6.54 Å². The van der Waals surface area contributed by atoms with Gasteiger partial charge in [0.1, 0.15) is 0 Å². The van der Waals surface area contributed by atoms with Crippen molar-refractivity contribution in [3.8, 4) is 0 Å². The van der Waals surface area contributed by atoms with Crippen LogP contribution in [0.2, 0.25) is 0 Å². The van der Waals surface area contributed by atoms with Gasteiger partial charge in [-0.25, -0.2) is 0 Å². The molecule has 56 valence electrons. The first-order chi connectivity index (χ1) is 3.98. The quantitative estimate of drug-likeness (QED) is 0.591. The number of nitrogens with one attached hydrogen (secondary N) is 1. The zero-order chi connectivity index (χ0) is 7.49. The minimum Gasteiger partial charge on any atom is -0.296 e. The second-order valence-electron chi connectivity index (χ2n) is 3.24. The largest absolute Gasteiger partial charge is 0.296 e. The highest BCUT2D eigenvalue weighted by molar-refractivity contribution is 7.56. The predicted octanol–water partition coefficient (Wildman–Crippen LogP) is 2.42. The molecule has 0 aliphatic heterocycles. The van der Waals surface area contributed by atoms with Crippen molar-refractivity contribution in [1.29, 1.82) is 0 Å². The average molecular weight is 147 g/mol. The van der Waals surface area contributed by atoms with Gasteiger partial charge in [0.2, 0.25) is 0 Å². The zero-order valence-electron chi connectivity index (χ0n) is 7.15. The summed E-state index contributed by atoms with van der Waals surface area (Å²) in [5, 5.41) is 3.91. The van der Waals surface area contributed by atoms with Gasteiger partial charge in [0, 0.05) is 0 Å². The van der Waals surface area contributed by atoms with Crippen LogP contribution in [0, 0.1) is 0 Å². The van der Waals surface area contributed by atoms with Crippen molar-refractivity contribution in [3.05, 3.63) is 0 Å². The number of hydrogen-bond donors (Lipinski definition) is 1. The lowest BCUT2D eigenvalue weighted by molar-refractivity contribution is 0.767. The van der Waals surface area contributed by atoms with Crippen LogP contribution in [-0.4, -0.2) is 18.4 Å². The Morgan fingerprint density at radius 1 is 1.33 bits per heavy atom. The SMILES string of the molecule is CCNP(C)C(C)(C)C. The first kappa shape index (κ1) is 9.39. The van der Waals surface area contributed by atoms with Crippen LogP contribution in [0.1, 0.15) is 27.7 Å². The van der Waals surface area contributed by atoms with Crippen molar-refractivity contribution in [1.82, 2.24) is 5.09 Å². The van der Waals surface area contributed by atoms with E-state index in [1.54, 1.807) is 0 Å². The second kappa shape index (κ2) is 3.53. The van der Waals surface area contributed by atoms with E-state index in [2.05, 4.69) is 39.4 Å². The molecule has 0 saturated carbocycles. The highest BCUT2D eigenvalue weighted by Gasteiger charge is 2.17. The summed E-state index contributed by atoms with van der Waals surface area (Å²) in [5.74, 6) is 0. The van der Waals surface area contributed by atoms with Gasteiger partial charge in [-0.3, -0.25) is 5.09 Å². The van der Waals surface area contributed by atoms with E-state index < -0.39 is 0 Å². The lowest BCUT2D eigenvalue weighted by atomic mass is 10.3. The topological polar surface area (TPSA) is 12.0 Å². The van der Waals surface area contributed by atoms with Gasteiger partial charge in [-0.2, -0.15) is 0 Å². The van der Waals surface area contributed by atoms with Gasteiger partial charge >= 0.3 is 0 Å². The third-order valence-electron chi connectivity index (χ3n) is 1.40. The molecule has 0 bridgehead atoms. The molecule has 1 nitrogen and oxygen atoms in total. The van der Waals surface area contributed by atoms with Gasteiger partial charge in [-0.05, 0) is 26.4 Å². The molecule has 0 aliphatic carbocycles. The van der Waals surface area contributed by atoms with Gasteiger partial charge in [0.05, 0.1) is 0 Å². The normalized spacial score (nSPS) is 15.7. The zero-order valence-corrected chi connectivity index (χ0v) is 8.05. The Kier molecular flexibility index (Phi) is 3.68. The molecule has 1 unspecified atom stereocenters. The summed E-state index contributed by atoms with van der Waals surface area (Å²) in [6.07, 6.45) is 0. The highest BCUT2D eigenvalue weighted by atomic mass is 31.1. The van der Waals surface area contributed by atoms with Crippen LogP contribution in [0.25, 0.3) is 0 Å². The Hall–Kier alpha value is 0.390. The van der Waals surface area contributed by atoms with Crippen molar-refractivity contribution in [3.63, 3.8) is 0 Å². The van der Waals surface area contributed by atoms with Crippen molar-refractivity contribution in [2.24, 2.45) is 0 Å². The molecule has 2 heteroatoms. The van der Waals surface area contributed by atoms with Crippen molar-refractivity contribution in [2.75, 3.05) is 13.2 Å². The summed E-state index contributed by atoms with van der Waals surface area (Å²) in [4.78, 5) is 0. The molecule has 0 rings (SSSR count). The summed E-state index contributed by atoms with van der Waals surface area (Å²) in [6.45, 7) is 12.4. The fraction of sp³-hybridized carbons (Fsp3) is 1.00. The molecule has 0 heterocycles. The summed E-state index contributed by atoms with van der Waals surface area (Å²) >= 11 is 0. The first-order valence-corrected chi connectivity index (χ1v) is 5.24. The van der Waals surface area contributed by atoms with Crippen LogP contribution in [0.15, 0.2) is 0 Å². The van der Waals surface area contributed by atoms with Crippen LogP contribution in [0.3, 0.4) is 0 Å². The molecule has 0 aliphatic rings. The molecular weight excluding hydrogens is 129 g/mol. The maximum atomic E-state index is 3.45. The van der Waals surface area contributed by atoms with E-state index in [4.69, 9.17) is 0 Å². The summed E-state index contributed by atoms with van der Waals surface area (Å²) in [5.41, 5.74) is 0. The van der Waals surface area contributed by atoms with Crippen LogP contribution in [-0.2, 0) is 0 Å². The third kappa shape index (κ3) is 3.89. The van der Waals surface area contributed by atoms with Gasteiger partial charge in [0.25, 0.3) is 0 Å². The highest BCUT2D eigenvalue weighted by Crippen LogP contribution is 2.41. The maximum Gasteiger partial charge on any atom is -0.00383 e. The van der Waals surface area contributed by atoms with Crippen molar-refractivity contribution >= 4 is 8.07 Å². The fourth-order valence-corrected chi connectivity index (χ4v) is 1.42. The molecule has 0 aromatic carbocycles. The van der Waals surface area contributed by atoms with Crippen LogP contribution < -0.4 is 5.09 Å². The van der Waals surface area contributed by atoms with E-state index >= 15 is 0 Å². The Morgan fingerprint density at radius 2 is 1.78 bits per heavy atom. The van der Waals surface area contributed by atoms with E-state index in [1.165, 1.54) is 0 Å². The molecule has 9 heavy (non-hydrogen) atoms. The van der Waals surface area contributed by atoms with Crippen LogP contribution in [0.4, 0.5) is 0 Å². The Balaban J connectivity index is 3.59. The number of hydrogen-bond acceptors (Lipinski definition) is 1. The minimum absolute atomic E-state index is 0.0283. The summed E-state index contributed by atoms with van der Waals surface area (Å²) in [6, 6.07) is 0. The van der Waals surface area contributed by atoms with Crippen molar-refractivity contribution < 1.29 is 0 Å². The van der Waals surface area contributed by atoms with Gasteiger partial charge in [-0.1, -0.05) is 27.7 Å². The molecule has 0 radical (unpaired) electrons. The Morgan fingerprint density at radius 3 is 1.89 bits per heavy atom. The van der Waals surface area contributed by atoms with Crippen LogP contribution >= 0.6 is 8.07 Å². The van der Waals surface area contributed by atoms with Gasteiger partial charge in [0.15, 0.2) is 0 Å². The molecule has 0 spiro atoms. The molecule has 0 fully saturated rings. The standard InChI is InChI=1S/C7H18NP/c1-6-8-9(5)7(2,3)4/h8H,6H2,1-5H3. The monoisotopic (exact) mass is 147 g/mol. The van der Waals surface area contributed by atoms with E-state index in [9.17, 15) is 0 Å². The smallest absolute Gasteiger partial charge is 0.00383 e. The van der Waals surface area contributed by atoms with E-state index in [1.807, 2.05) is 0 Å². The minimum atomic E-state index is 0.0283. The third-order valence-corrected chi connectivity index (χ3v) is 4.20. The fourth-order valence-electron chi connectivity index (χ4n) is 0.474. The molecule has 0 aromatic heterocycles. The van der Waals surface area contributed by atoms with Gasteiger partial charge in [-0.15, -0.1) is 0 Å². The summed E-state index contributed by atoms with van der Waals surface area (Å²) in [7, 11) is 0.0283. The Bertz CT molecular complexity index is 75.5. The molecule has 1 atom stereocenters. The second-order valence-corrected chi connectivity index (χ2v) is 6.02. The molecule has 0 aromatic rings. The first-order valence-electron chi connectivity index (χ1n) is 3.46. The van der Waals surface area contributed by atoms with Gasteiger partial charge < -0.3 is 0 Å². The average Bonchev–Trinajstić information content (AvgIpc) is 1.64. The molecular formula is C7H18NP. The van der Waals surface area contributed by atoms with Crippen LogP contribution in [0.5, 0.6) is 0 Å². The maximum absolute atomic E-state index is 3.45.